The third-order valence-corrected chi connectivity index (χ3v) is 3.20. The maximum absolute atomic E-state index is 14.0. The molecule has 5 heteroatoms. The van der Waals surface area contributed by atoms with Gasteiger partial charge in [0.1, 0.15) is 11.6 Å². The number of hydrogen-bond acceptors (Lipinski definition) is 3. The molecule has 2 aromatic rings. The molecule has 2 rings (SSSR count). The van der Waals surface area contributed by atoms with Gasteiger partial charge >= 0.3 is 0 Å². The van der Waals surface area contributed by atoms with Crippen LogP contribution in [0.2, 0.25) is 0 Å². The Kier molecular flexibility index (Phi) is 4.62. The highest BCUT2D eigenvalue weighted by molar-refractivity contribution is 5.50. The van der Waals surface area contributed by atoms with Crippen molar-refractivity contribution in [2.45, 2.75) is 13.0 Å². The zero-order valence-corrected chi connectivity index (χ0v) is 12.1. The molecular formula is C16H17F2NO2. The van der Waals surface area contributed by atoms with Crippen molar-refractivity contribution in [2.24, 2.45) is 0 Å². The van der Waals surface area contributed by atoms with E-state index in [1.807, 2.05) is 0 Å². The summed E-state index contributed by atoms with van der Waals surface area (Å²) in [4.78, 5) is 0. The number of hydrogen-bond donors (Lipinski definition) is 1. The standard InChI is InChI=1S/C16H17F2NO2/c1-10(16-12(17)5-4-6-15(16)21-3)19-11-7-8-14(20-2)13(18)9-11/h4-10,19H,1-3H3. The van der Waals surface area contributed by atoms with Crippen LogP contribution in [0.25, 0.3) is 0 Å². The number of rotatable bonds is 5. The second kappa shape index (κ2) is 6.43. The fourth-order valence-corrected chi connectivity index (χ4v) is 2.19. The molecule has 0 bridgehead atoms. The van der Waals surface area contributed by atoms with E-state index in [9.17, 15) is 8.78 Å². The Bertz CT molecular complexity index is 632. The van der Waals surface area contributed by atoms with Crippen LogP contribution in [-0.2, 0) is 0 Å². The molecule has 3 nitrogen and oxygen atoms in total. The van der Waals surface area contributed by atoms with Gasteiger partial charge in [0, 0.05) is 11.8 Å². The van der Waals surface area contributed by atoms with Gasteiger partial charge in [-0.25, -0.2) is 8.78 Å². The molecule has 0 fully saturated rings. The summed E-state index contributed by atoms with van der Waals surface area (Å²) in [6, 6.07) is 8.75. The lowest BCUT2D eigenvalue weighted by molar-refractivity contribution is 0.386. The van der Waals surface area contributed by atoms with Gasteiger partial charge in [-0.15, -0.1) is 0 Å². The first-order valence-electron chi connectivity index (χ1n) is 6.49. The Balaban J connectivity index is 2.26. The third kappa shape index (κ3) is 3.24. The van der Waals surface area contributed by atoms with Gasteiger partial charge in [-0.2, -0.15) is 0 Å². The van der Waals surface area contributed by atoms with Gasteiger partial charge in [0.25, 0.3) is 0 Å². The molecule has 0 aliphatic heterocycles. The fraction of sp³-hybridized carbons (Fsp3) is 0.250. The molecule has 0 radical (unpaired) electrons. The summed E-state index contributed by atoms with van der Waals surface area (Å²) in [5.74, 6) is -0.237. The van der Waals surface area contributed by atoms with Crippen LogP contribution in [0.1, 0.15) is 18.5 Å². The van der Waals surface area contributed by atoms with E-state index in [4.69, 9.17) is 9.47 Å². The van der Waals surface area contributed by atoms with Crippen LogP contribution >= 0.6 is 0 Å². The maximum Gasteiger partial charge on any atom is 0.167 e. The molecule has 1 N–H and O–H groups in total. The third-order valence-electron chi connectivity index (χ3n) is 3.20. The lowest BCUT2D eigenvalue weighted by Gasteiger charge is -2.19. The monoisotopic (exact) mass is 293 g/mol. The Morgan fingerprint density at radius 1 is 0.952 bits per heavy atom. The van der Waals surface area contributed by atoms with Crippen LogP contribution in [0, 0.1) is 11.6 Å². The van der Waals surface area contributed by atoms with Gasteiger partial charge in [0.15, 0.2) is 11.6 Å². The molecule has 0 saturated carbocycles. The summed E-state index contributed by atoms with van der Waals surface area (Å²) < 4.78 is 37.7. The Labute approximate surface area is 122 Å². The topological polar surface area (TPSA) is 30.5 Å². The van der Waals surface area contributed by atoms with Gasteiger partial charge in [-0.3, -0.25) is 0 Å². The number of nitrogens with one attached hydrogen (secondary N) is 1. The summed E-state index contributed by atoms with van der Waals surface area (Å²) in [7, 11) is 2.89. The first kappa shape index (κ1) is 15.1. The molecule has 1 atom stereocenters. The summed E-state index contributed by atoms with van der Waals surface area (Å²) >= 11 is 0. The zero-order chi connectivity index (χ0) is 15.4. The fourth-order valence-electron chi connectivity index (χ4n) is 2.19. The van der Waals surface area contributed by atoms with E-state index < -0.39 is 5.82 Å². The van der Waals surface area contributed by atoms with Gasteiger partial charge in [0.2, 0.25) is 0 Å². The predicted molar refractivity (Wildman–Crippen MR) is 77.9 cm³/mol. The second-order valence-electron chi connectivity index (χ2n) is 4.57. The number of anilines is 1. The number of benzene rings is 2. The quantitative estimate of drug-likeness (QED) is 0.898. The van der Waals surface area contributed by atoms with Crippen LogP contribution < -0.4 is 14.8 Å². The minimum atomic E-state index is -0.477. The van der Waals surface area contributed by atoms with Crippen molar-refractivity contribution < 1.29 is 18.3 Å². The van der Waals surface area contributed by atoms with Crippen LogP contribution in [0.3, 0.4) is 0 Å². The van der Waals surface area contributed by atoms with Gasteiger partial charge in [-0.05, 0) is 31.2 Å². The van der Waals surface area contributed by atoms with E-state index in [0.29, 0.717) is 17.0 Å². The van der Waals surface area contributed by atoms with E-state index in [1.165, 1.54) is 32.4 Å². The van der Waals surface area contributed by atoms with Crippen molar-refractivity contribution in [1.82, 2.24) is 0 Å². The van der Waals surface area contributed by atoms with Crippen LogP contribution in [0.5, 0.6) is 11.5 Å². The van der Waals surface area contributed by atoms with Crippen molar-refractivity contribution >= 4 is 5.69 Å². The van der Waals surface area contributed by atoms with Crippen LogP contribution in [0.4, 0.5) is 14.5 Å². The van der Waals surface area contributed by atoms with E-state index in [2.05, 4.69) is 5.32 Å². The number of methoxy groups -OCH3 is 2. The molecule has 1 unspecified atom stereocenters. The lowest BCUT2D eigenvalue weighted by atomic mass is 10.1. The van der Waals surface area contributed by atoms with Gasteiger partial charge in [-0.1, -0.05) is 6.07 Å². The van der Waals surface area contributed by atoms with E-state index in [-0.39, 0.29) is 17.6 Å². The molecule has 0 amide bonds. The molecule has 21 heavy (non-hydrogen) atoms. The van der Waals surface area contributed by atoms with Crippen molar-refractivity contribution in [3.63, 3.8) is 0 Å². The molecule has 0 aliphatic rings. The minimum absolute atomic E-state index is 0.164. The normalized spacial score (nSPS) is 11.9. The van der Waals surface area contributed by atoms with Crippen molar-refractivity contribution in [2.75, 3.05) is 19.5 Å². The van der Waals surface area contributed by atoms with Crippen molar-refractivity contribution in [1.29, 1.82) is 0 Å². The van der Waals surface area contributed by atoms with Crippen molar-refractivity contribution in [3.05, 3.63) is 53.6 Å². The van der Waals surface area contributed by atoms with Gasteiger partial charge < -0.3 is 14.8 Å². The van der Waals surface area contributed by atoms with Crippen molar-refractivity contribution in [3.8, 4) is 11.5 Å². The highest BCUT2D eigenvalue weighted by Gasteiger charge is 2.16. The summed E-state index contributed by atoms with van der Waals surface area (Å²) in [5, 5.41) is 3.05. The summed E-state index contributed by atoms with van der Waals surface area (Å²) in [6.45, 7) is 1.78. The molecular weight excluding hydrogens is 276 g/mol. The largest absolute Gasteiger partial charge is 0.496 e. The lowest BCUT2D eigenvalue weighted by Crippen LogP contribution is -2.10. The molecule has 0 heterocycles. The van der Waals surface area contributed by atoms with E-state index >= 15 is 0 Å². The second-order valence-corrected chi connectivity index (χ2v) is 4.57. The van der Waals surface area contributed by atoms with Crippen LogP contribution in [0.15, 0.2) is 36.4 Å². The zero-order valence-electron chi connectivity index (χ0n) is 12.1. The smallest absolute Gasteiger partial charge is 0.167 e. The SMILES string of the molecule is COc1ccc(NC(C)c2c(F)cccc2OC)cc1F. The molecule has 0 aliphatic carbocycles. The van der Waals surface area contributed by atoms with Crippen LogP contribution in [-0.4, -0.2) is 14.2 Å². The van der Waals surface area contributed by atoms with E-state index in [1.54, 1.807) is 25.1 Å². The molecule has 0 spiro atoms. The first-order valence-corrected chi connectivity index (χ1v) is 6.49. The Hall–Kier alpha value is -2.30. The maximum atomic E-state index is 14.0. The summed E-state index contributed by atoms with van der Waals surface area (Å²) in [5.41, 5.74) is 0.933. The molecule has 0 aromatic heterocycles. The highest BCUT2D eigenvalue weighted by atomic mass is 19.1. The molecule has 112 valence electrons. The predicted octanol–water partition coefficient (Wildman–Crippen LogP) is 4.16. The summed E-state index contributed by atoms with van der Waals surface area (Å²) in [6.07, 6.45) is 0. The minimum Gasteiger partial charge on any atom is -0.496 e. The van der Waals surface area contributed by atoms with E-state index in [0.717, 1.165) is 0 Å². The average molecular weight is 293 g/mol. The number of ether oxygens (including phenoxy) is 2. The molecule has 0 saturated heterocycles. The number of halogens is 2. The molecule has 2 aromatic carbocycles. The first-order chi connectivity index (χ1) is 10.1. The Morgan fingerprint density at radius 2 is 1.67 bits per heavy atom. The average Bonchev–Trinajstić information content (AvgIpc) is 2.46. The van der Waals surface area contributed by atoms with Gasteiger partial charge in [0.05, 0.1) is 25.8 Å². The highest BCUT2D eigenvalue weighted by Crippen LogP contribution is 2.31. The Morgan fingerprint density at radius 3 is 2.29 bits per heavy atom.